The second-order valence-electron chi connectivity index (χ2n) is 5.96. The van der Waals surface area contributed by atoms with E-state index >= 15 is 0 Å². The summed E-state index contributed by atoms with van der Waals surface area (Å²) in [6, 6.07) is 3.89. The topological polar surface area (TPSA) is 81.5 Å². The number of fused-ring (bicyclic) bond motifs is 1. The van der Waals surface area contributed by atoms with Crippen LogP contribution >= 0.6 is 22.7 Å². The predicted molar refractivity (Wildman–Crippen MR) is 105 cm³/mol. The van der Waals surface area contributed by atoms with Crippen molar-refractivity contribution in [1.82, 2.24) is 14.5 Å². The summed E-state index contributed by atoms with van der Waals surface area (Å²) >= 11 is 2.70. The van der Waals surface area contributed by atoms with E-state index in [1.54, 1.807) is 37.1 Å². The molecule has 0 saturated carbocycles. The summed E-state index contributed by atoms with van der Waals surface area (Å²) in [5.41, 5.74) is 0.210. The number of aryl methyl sites for hydroxylation is 1. The molecule has 0 N–H and O–H groups in total. The van der Waals surface area contributed by atoms with Crippen molar-refractivity contribution < 1.29 is 14.3 Å². The van der Waals surface area contributed by atoms with E-state index in [-0.39, 0.29) is 24.6 Å². The minimum atomic E-state index is -0.462. The van der Waals surface area contributed by atoms with Crippen LogP contribution in [0, 0.1) is 6.92 Å². The van der Waals surface area contributed by atoms with Gasteiger partial charge in [0.15, 0.2) is 0 Å². The SMILES string of the molecule is CCOC(=O)c1sc2ncn(CC(=O)N(C)Cc3cccs3)c(=O)c2c1C. The van der Waals surface area contributed by atoms with Gasteiger partial charge in [-0.15, -0.1) is 22.7 Å². The Kier molecular flexibility index (Phi) is 5.71. The van der Waals surface area contributed by atoms with Gasteiger partial charge in [0.25, 0.3) is 5.56 Å². The van der Waals surface area contributed by atoms with Gasteiger partial charge >= 0.3 is 5.97 Å². The van der Waals surface area contributed by atoms with E-state index in [9.17, 15) is 14.4 Å². The molecule has 0 aliphatic carbocycles. The third-order valence-corrected chi connectivity index (χ3v) is 6.12. The minimum absolute atomic E-state index is 0.103. The van der Waals surface area contributed by atoms with Crippen molar-refractivity contribution in [3.63, 3.8) is 0 Å². The van der Waals surface area contributed by atoms with E-state index in [2.05, 4.69) is 4.98 Å². The van der Waals surface area contributed by atoms with E-state index < -0.39 is 5.97 Å². The van der Waals surface area contributed by atoms with Gasteiger partial charge in [-0.3, -0.25) is 14.2 Å². The molecule has 0 aromatic carbocycles. The maximum absolute atomic E-state index is 12.8. The van der Waals surface area contributed by atoms with Crippen molar-refractivity contribution in [2.45, 2.75) is 26.9 Å². The molecule has 1 amide bonds. The smallest absolute Gasteiger partial charge is 0.348 e. The third-order valence-electron chi connectivity index (χ3n) is 4.08. The lowest BCUT2D eigenvalue weighted by Gasteiger charge is -2.16. The van der Waals surface area contributed by atoms with Crippen LogP contribution in [0.1, 0.15) is 27.0 Å². The zero-order valence-electron chi connectivity index (χ0n) is 15.2. The average Bonchev–Trinajstić information content (AvgIpc) is 3.25. The number of esters is 1. The molecule has 0 unspecified atom stereocenters. The van der Waals surface area contributed by atoms with Crippen LogP contribution in [0.15, 0.2) is 28.6 Å². The number of rotatable bonds is 6. The molecule has 142 valence electrons. The predicted octanol–water partition coefficient (Wildman–Crippen LogP) is 2.66. The standard InChI is InChI=1S/C18H19N3O4S2/c1-4-25-18(24)15-11(2)14-16(27-15)19-10-21(17(14)23)9-13(22)20(3)8-12-6-5-7-26-12/h5-7,10H,4,8-9H2,1-3H3. The summed E-state index contributed by atoms with van der Waals surface area (Å²) in [6.45, 7) is 4.07. The molecule has 27 heavy (non-hydrogen) atoms. The largest absolute Gasteiger partial charge is 0.462 e. The molecule has 0 spiro atoms. The van der Waals surface area contributed by atoms with Crippen LogP contribution in [-0.4, -0.2) is 40.0 Å². The van der Waals surface area contributed by atoms with Crippen LogP contribution in [0.3, 0.4) is 0 Å². The Morgan fingerprint density at radius 2 is 2.15 bits per heavy atom. The molecule has 0 aliphatic rings. The molecular weight excluding hydrogens is 386 g/mol. The van der Waals surface area contributed by atoms with Crippen molar-refractivity contribution >= 4 is 44.8 Å². The number of hydrogen-bond donors (Lipinski definition) is 0. The van der Waals surface area contributed by atoms with Crippen LogP contribution in [0.5, 0.6) is 0 Å². The molecule has 3 rings (SSSR count). The maximum Gasteiger partial charge on any atom is 0.348 e. The van der Waals surface area contributed by atoms with Gasteiger partial charge in [0.2, 0.25) is 5.91 Å². The Bertz CT molecular complexity index is 1040. The number of nitrogens with zero attached hydrogens (tertiary/aromatic N) is 3. The molecular formula is C18H19N3O4S2. The first-order valence-corrected chi connectivity index (χ1v) is 10.0. The highest BCUT2D eigenvalue weighted by molar-refractivity contribution is 7.20. The molecule has 3 aromatic rings. The van der Waals surface area contributed by atoms with Crippen molar-refractivity contribution in [2.24, 2.45) is 0 Å². The number of amides is 1. The maximum atomic E-state index is 12.8. The minimum Gasteiger partial charge on any atom is -0.462 e. The van der Waals surface area contributed by atoms with E-state index in [1.807, 2.05) is 17.5 Å². The van der Waals surface area contributed by atoms with Crippen LogP contribution in [0.2, 0.25) is 0 Å². The van der Waals surface area contributed by atoms with E-state index in [0.29, 0.717) is 27.2 Å². The van der Waals surface area contributed by atoms with Crippen molar-refractivity contribution in [2.75, 3.05) is 13.7 Å². The molecule has 0 atom stereocenters. The van der Waals surface area contributed by atoms with Crippen LogP contribution in [-0.2, 0) is 22.6 Å². The summed E-state index contributed by atoms with van der Waals surface area (Å²) in [5.74, 6) is -0.652. The Morgan fingerprint density at radius 1 is 1.37 bits per heavy atom. The Morgan fingerprint density at radius 3 is 2.81 bits per heavy atom. The molecule has 0 radical (unpaired) electrons. The second-order valence-corrected chi connectivity index (χ2v) is 7.99. The quantitative estimate of drug-likeness (QED) is 0.589. The molecule has 0 bridgehead atoms. The average molecular weight is 406 g/mol. The Labute approximate surface area is 163 Å². The van der Waals surface area contributed by atoms with Gasteiger partial charge < -0.3 is 9.64 Å². The van der Waals surface area contributed by atoms with Crippen molar-refractivity contribution in [3.05, 3.63) is 49.5 Å². The second kappa shape index (κ2) is 8.01. The first kappa shape index (κ1) is 19.2. The van der Waals surface area contributed by atoms with Gasteiger partial charge in [-0.1, -0.05) is 6.07 Å². The Balaban J connectivity index is 1.86. The fourth-order valence-electron chi connectivity index (χ4n) is 2.65. The highest BCUT2D eigenvalue weighted by Gasteiger charge is 2.21. The first-order valence-electron chi connectivity index (χ1n) is 8.34. The number of carbonyl (C=O) groups excluding carboxylic acids is 2. The third kappa shape index (κ3) is 3.93. The summed E-state index contributed by atoms with van der Waals surface area (Å²) < 4.78 is 6.31. The van der Waals surface area contributed by atoms with Gasteiger partial charge in [0, 0.05) is 11.9 Å². The van der Waals surface area contributed by atoms with E-state index in [0.717, 1.165) is 16.2 Å². The van der Waals surface area contributed by atoms with Gasteiger partial charge in [0.1, 0.15) is 16.3 Å². The summed E-state index contributed by atoms with van der Waals surface area (Å²) in [4.78, 5) is 45.1. The number of aromatic nitrogens is 2. The fourth-order valence-corrected chi connectivity index (χ4v) is 4.44. The molecule has 7 nitrogen and oxygen atoms in total. The molecule has 9 heteroatoms. The zero-order valence-corrected chi connectivity index (χ0v) is 16.9. The molecule has 3 heterocycles. The van der Waals surface area contributed by atoms with Crippen LogP contribution in [0.25, 0.3) is 10.2 Å². The lowest BCUT2D eigenvalue weighted by molar-refractivity contribution is -0.131. The lowest BCUT2D eigenvalue weighted by Crippen LogP contribution is -2.33. The summed E-state index contributed by atoms with van der Waals surface area (Å²) in [6.07, 6.45) is 1.35. The fraction of sp³-hybridized carbons (Fsp3) is 0.333. The number of ether oxygens (including phenoxy) is 1. The number of hydrogen-bond acceptors (Lipinski definition) is 7. The highest BCUT2D eigenvalue weighted by Crippen LogP contribution is 2.27. The van der Waals surface area contributed by atoms with Crippen molar-refractivity contribution in [1.29, 1.82) is 0 Å². The van der Waals surface area contributed by atoms with Gasteiger partial charge in [-0.25, -0.2) is 9.78 Å². The van der Waals surface area contributed by atoms with Gasteiger partial charge in [0.05, 0.1) is 24.9 Å². The monoisotopic (exact) mass is 405 g/mol. The highest BCUT2D eigenvalue weighted by atomic mass is 32.1. The molecule has 0 aliphatic heterocycles. The molecule has 0 fully saturated rings. The van der Waals surface area contributed by atoms with Crippen LogP contribution in [0.4, 0.5) is 0 Å². The molecule has 3 aromatic heterocycles. The molecule has 0 saturated heterocycles. The zero-order chi connectivity index (χ0) is 19.6. The van der Waals surface area contributed by atoms with E-state index in [4.69, 9.17) is 4.74 Å². The normalized spacial score (nSPS) is 10.9. The lowest BCUT2D eigenvalue weighted by atomic mass is 10.2. The Hall–Kier alpha value is -2.52. The van der Waals surface area contributed by atoms with Crippen molar-refractivity contribution in [3.8, 4) is 0 Å². The number of likely N-dealkylation sites (N-methyl/N-ethyl adjacent to an activating group) is 1. The van der Waals surface area contributed by atoms with Gasteiger partial charge in [-0.2, -0.15) is 0 Å². The number of thiophene rings is 2. The number of carbonyl (C=O) groups is 2. The summed E-state index contributed by atoms with van der Waals surface area (Å²) in [7, 11) is 1.70. The van der Waals surface area contributed by atoms with Crippen LogP contribution < -0.4 is 5.56 Å². The summed E-state index contributed by atoms with van der Waals surface area (Å²) in [5, 5.41) is 2.32. The van der Waals surface area contributed by atoms with Gasteiger partial charge in [-0.05, 0) is 30.9 Å². The van der Waals surface area contributed by atoms with E-state index in [1.165, 1.54) is 10.9 Å². The first-order chi connectivity index (χ1) is 12.9.